The molecule has 1 aromatic heterocycles. The number of nitrogens with zero attached hydrogens (tertiary/aromatic N) is 2. The van der Waals surface area contributed by atoms with Crippen molar-refractivity contribution in [2.24, 2.45) is 0 Å². The summed E-state index contributed by atoms with van der Waals surface area (Å²) < 4.78 is 5.35. The third-order valence-corrected chi connectivity index (χ3v) is 2.11. The van der Waals surface area contributed by atoms with Crippen molar-refractivity contribution in [1.29, 1.82) is 0 Å². The van der Waals surface area contributed by atoms with Gasteiger partial charge in [-0.25, -0.2) is 9.97 Å². The second-order valence-electron chi connectivity index (χ2n) is 3.75. The summed E-state index contributed by atoms with van der Waals surface area (Å²) in [5, 5.41) is 3.00. The summed E-state index contributed by atoms with van der Waals surface area (Å²) in [4.78, 5) is 19.2. The lowest BCUT2D eigenvalue weighted by Crippen LogP contribution is -2.26. The van der Waals surface area contributed by atoms with E-state index in [0.29, 0.717) is 13.2 Å². The molecule has 0 saturated heterocycles. The standard InChI is InChI=1S/C11H16ClN3O2/c1-8(2)17-5-3-4-13-11(16)9-6-15-10(12)7-14-9/h6-8H,3-5H2,1-2H3,(H,13,16). The van der Waals surface area contributed by atoms with E-state index in [0.717, 1.165) is 6.42 Å². The number of ether oxygens (including phenoxy) is 1. The highest BCUT2D eigenvalue weighted by Crippen LogP contribution is 2.01. The molecule has 0 saturated carbocycles. The topological polar surface area (TPSA) is 64.1 Å². The van der Waals surface area contributed by atoms with Gasteiger partial charge in [0.05, 0.1) is 18.5 Å². The van der Waals surface area contributed by atoms with Gasteiger partial charge in [-0.2, -0.15) is 0 Å². The maximum absolute atomic E-state index is 11.6. The lowest BCUT2D eigenvalue weighted by atomic mass is 10.4. The molecule has 0 atom stereocenters. The smallest absolute Gasteiger partial charge is 0.271 e. The third kappa shape index (κ3) is 5.60. The second kappa shape index (κ2) is 7.19. The van der Waals surface area contributed by atoms with E-state index in [1.54, 1.807) is 0 Å². The molecule has 1 rings (SSSR count). The highest BCUT2D eigenvalue weighted by atomic mass is 35.5. The lowest BCUT2D eigenvalue weighted by molar-refractivity contribution is 0.0756. The molecular weight excluding hydrogens is 242 g/mol. The van der Waals surface area contributed by atoms with Gasteiger partial charge in [0.25, 0.3) is 5.91 Å². The van der Waals surface area contributed by atoms with Crippen LogP contribution >= 0.6 is 11.6 Å². The summed E-state index contributed by atoms with van der Waals surface area (Å²) in [6.45, 7) is 5.13. The van der Waals surface area contributed by atoms with E-state index in [1.165, 1.54) is 12.4 Å². The van der Waals surface area contributed by atoms with Gasteiger partial charge in [-0.15, -0.1) is 0 Å². The molecule has 6 heteroatoms. The highest BCUT2D eigenvalue weighted by molar-refractivity contribution is 6.29. The fraction of sp³-hybridized carbons (Fsp3) is 0.545. The Balaban J connectivity index is 2.23. The average Bonchev–Trinajstić information content (AvgIpc) is 2.29. The number of hydrogen-bond acceptors (Lipinski definition) is 4. The van der Waals surface area contributed by atoms with Gasteiger partial charge in [0, 0.05) is 13.2 Å². The lowest BCUT2D eigenvalue weighted by Gasteiger charge is -2.07. The van der Waals surface area contributed by atoms with Crippen LogP contribution in [0, 0.1) is 0 Å². The Morgan fingerprint density at radius 3 is 2.82 bits per heavy atom. The van der Waals surface area contributed by atoms with Crippen LogP contribution in [0.3, 0.4) is 0 Å². The van der Waals surface area contributed by atoms with Gasteiger partial charge >= 0.3 is 0 Å². The molecule has 5 nitrogen and oxygen atoms in total. The molecule has 0 aromatic carbocycles. The first-order chi connectivity index (χ1) is 8.09. The predicted molar refractivity (Wildman–Crippen MR) is 65.1 cm³/mol. The number of amides is 1. The number of halogens is 1. The van der Waals surface area contributed by atoms with Crippen molar-refractivity contribution >= 4 is 17.5 Å². The van der Waals surface area contributed by atoms with E-state index in [2.05, 4.69) is 15.3 Å². The molecule has 0 aliphatic rings. The van der Waals surface area contributed by atoms with E-state index in [4.69, 9.17) is 16.3 Å². The summed E-state index contributed by atoms with van der Waals surface area (Å²) in [5.74, 6) is -0.251. The number of carbonyl (C=O) groups excluding carboxylic acids is 1. The molecule has 1 N–H and O–H groups in total. The Bertz CT molecular complexity index is 354. The zero-order chi connectivity index (χ0) is 12.7. The fourth-order valence-electron chi connectivity index (χ4n) is 1.11. The molecule has 0 bridgehead atoms. The normalized spacial score (nSPS) is 10.6. The number of aromatic nitrogens is 2. The van der Waals surface area contributed by atoms with Gasteiger partial charge in [0.1, 0.15) is 10.8 Å². The number of rotatable bonds is 6. The molecule has 0 spiro atoms. The highest BCUT2D eigenvalue weighted by Gasteiger charge is 2.06. The largest absolute Gasteiger partial charge is 0.379 e. The van der Waals surface area contributed by atoms with Crippen molar-refractivity contribution in [2.45, 2.75) is 26.4 Å². The van der Waals surface area contributed by atoms with Crippen LogP contribution in [-0.2, 0) is 4.74 Å². The van der Waals surface area contributed by atoms with E-state index >= 15 is 0 Å². The van der Waals surface area contributed by atoms with Gasteiger partial charge in [-0.3, -0.25) is 4.79 Å². The Morgan fingerprint density at radius 2 is 2.24 bits per heavy atom. The van der Waals surface area contributed by atoms with E-state index in [-0.39, 0.29) is 22.9 Å². The average molecular weight is 258 g/mol. The number of carbonyl (C=O) groups is 1. The molecule has 0 aliphatic heterocycles. The fourth-order valence-corrected chi connectivity index (χ4v) is 1.21. The van der Waals surface area contributed by atoms with Gasteiger partial charge in [-0.1, -0.05) is 11.6 Å². The minimum absolute atomic E-state index is 0.216. The number of nitrogens with one attached hydrogen (secondary N) is 1. The van der Waals surface area contributed by atoms with Crippen LogP contribution in [0.5, 0.6) is 0 Å². The minimum Gasteiger partial charge on any atom is -0.379 e. The Morgan fingerprint density at radius 1 is 1.47 bits per heavy atom. The molecular formula is C11H16ClN3O2. The Hall–Kier alpha value is -1.20. The molecule has 1 aromatic rings. The van der Waals surface area contributed by atoms with Crippen molar-refractivity contribution in [1.82, 2.24) is 15.3 Å². The predicted octanol–water partition coefficient (Wildman–Crippen LogP) is 1.67. The molecule has 1 heterocycles. The Kier molecular flexibility index (Phi) is 5.86. The van der Waals surface area contributed by atoms with Crippen LogP contribution in [0.2, 0.25) is 5.15 Å². The second-order valence-corrected chi connectivity index (χ2v) is 4.14. The maximum atomic E-state index is 11.6. The zero-order valence-electron chi connectivity index (χ0n) is 9.94. The molecule has 0 aliphatic carbocycles. The van der Waals surface area contributed by atoms with Crippen molar-refractivity contribution < 1.29 is 9.53 Å². The zero-order valence-corrected chi connectivity index (χ0v) is 10.7. The molecule has 17 heavy (non-hydrogen) atoms. The van der Waals surface area contributed by atoms with Crippen molar-refractivity contribution in [3.63, 3.8) is 0 Å². The number of hydrogen-bond donors (Lipinski definition) is 1. The Labute approximate surface area is 106 Å². The van der Waals surface area contributed by atoms with Crippen LogP contribution in [0.1, 0.15) is 30.8 Å². The van der Waals surface area contributed by atoms with E-state index < -0.39 is 0 Å². The molecule has 0 radical (unpaired) electrons. The van der Waals surface area contributed by atoms with Crippen LogP contribution in [0.15, 0.2) is 12.4 Å². The van der Waals surface area contributed by atoms with Gasteiger partial charge in [0.15, 0.2) is 0 Å². The summed E-state index contributed by atoms with van der Waals surface area (Å²) >= 11 is 5.57. The first-order valence-corrected chi connectivity index (χ1v) is 5.84. The van der Waals surface area contributed by atoms with Crippen LogP contribution < -0.4 is 5.32 Å². The first kappa shape index (κ1) is 13.9. The molecule has 94 valence electrons. The summed E-state index contributed by atoms with van der Waals surface area (Å²) in [5.41, 5.74) is 0.263. The maximum Gasteiger partial charge on any atom is 0.271 e. The van der Waals surface area contributed by atoms with Gasteiger partial charge in [-0.05, 0) is 20.3 Å². The first-order valence-electron chi connectivity index (χ1n) is 5.47. The summed E-state index contributed by atoms with van der Waals surface area (Å²) in [6.07, 6.45) is 3.68. The third-order valence-electron chi connectivity index (χ3n) is 1.91. The van der Waals surface area contributed by atoms with Crippen LogP contribution in [-0.4, -0.2) is 35.1 Å². The van der Waals surface area contributed by atoms with Crippen molar-refractivity contribution in [2.75, 3.05) is 13.2 Å². The van der Waals surface area contributed by atoms with E-state index in [1.807, 2.05) is 13.8 Å². The van der Waals surface area contributed by atoms with Crippen molar-refractivity contribution in [3.05, 3.63) is 23.2 Å². The quantitative estimate of drug-likeness (QED) is 0.788. The monoisotopic (exact) mass is 257 g/mol. The SMILES string of the molecule is CC(C)OCCCNC(=O)c1cnc(Cl)cn1. The van der Waals surface area contributed by atoms with Crippen molar-refractivity contribution in [3.8, 4) is 0 Å². The van der Waals surface area contributed by atoms with E-state index in [9.17, 15) is 4.79 Å². The minimum atomic E-state index is -0.251. The summed E-state index contributed by atoms with van der Waals surface area (Å²) in [7, 11) is 0. The molecule has 1 amide bonds. The molecule has 0 fully saturated rings. The van der Waals surface area contributed by atoms with Gasteiger partial charge < -0.3 is 10.1 Å². The van der Waals surface area contributed by atoms with Crippen LogP contribution in [0.4, 0.5) is 0 Å². The summed E-state index contributed by atoms with van der Waals surface area (Å²) in [6, 6.07) is 0. The van der Waals surface area contributed by atoms with Gasteiger partial charge in [0.2, 0.25) is 0 Å². The molecule has 0 unspecified atom stereocenters. The van der Waals surface area contributed by atoms with Crippen LogP contribution in [0.25, 0.3) is 0 Å².